The van der Waals surface area contributed by atoms with Gasteiger partial charge in [0.05, 0.1) is 0 Å². The van der Waals surface area contributed by atoms with Gasteiger partial charge in [-0.2, -0.15) is 0 Å². The van der Waals surface area contributed by atoms with Gasteiger partial charge in [0.15, 0.2) is 0 Å². The summed E-state index contributed by atoms with van der Waals surface area (Å²) in [6.45, 7) is 6.99. The fraction of sp³-hybridized carbons (Fsp3) is 0.0800. The summed E-state index contributed by atoms with van der Waals surface area (Å²) in [6, 6.07) is 62.0. The number of benzene rings is 8. The predicted molar refractivity (Wildman–Crippen MR) is 227 cm³/mol. The maximum atomic E-state index is 6.92. The van der Waals surface area contributed by atoms with Gasteiger partial charge in [-0.1, -0.05) is 116 Å². The van der Waals surface area contributed by atoms with Crippen LogP contribution in [0.15, 0.2) is 170 Å². The second-order valence-corrected chi connectivity index (χ2v) is 15.4. The third-order valence-corrected chi connectivity index (χ3v) is 11.9. The van der Waals surface area contributed by atoms with Crippen molar-refractivity contribution in [2.45, 2.75) is 26.2 Å². The molecule has 0 N–H and O–H groups in total. The van der Waals surface area contributed by atoms with E-state index in [4.69, 9.17) is 4.74 Å². The molecule has 0 radical (unpaired) electrons. The Morgan fingerprint density at radius 2 is 1.26 bits per heavy atom. The van der Waals surface area contributed by atoms with Gasteiger partial charge in [0.25, 0.3) is 6.71 Å². The molecule has 0 saturated heterocycles. The van der Waals surface area contributed by atoms with Gasteiger partial charge in [-0.3, -0.25) is 0 Å². The highest BCUT2D eigenvalue weighted by Gasteiger charge is 2.44. The number of fused-ring (bicyclic) bond motifs is 9. The standard InChI is InChI=1S/C50H37BN2O/c1-32-21-24-36(25-22-32)52(34-13-6-4-7-14-34)37-26-28-38-33(29-37)23-27-39-40-30-47-43(31-41(40)50(2,3)48(38)39)51-42-17-10-11-18-44(42)53(35-15-8-5-9-16-35)45-19-12-20-46(54-47)49(45)51/h4-31H,1-3H3. The molecule has 0 bridgehead atoms. The van der Waals surface area contributed by atoms with E-state index in [2.05, 4.69) is 200 Å². The lowest BCUT2D eigenvalue weighted by atomic mass is 9.34. The Kier molecular flexibility index (Phi) is 6.61. The molecule has 54 heavy (non-hydrogen) atoms. The van der Waals surface area contributed by atoms with E-state index in [1.807, 2.05) is 0 Å². The van der Waals surface area contributed by atoms with Gasteiger partial charge in [-0.25, -0.2) is 0 Å². The van der Waals surface area contributed by atoms with Crippen LogP contribution in [0.25, 0.3) is 21.9 Å². The maximum Gasteiger partial charge on any atom is 0.256 e. The van der Waals surface area contributed by atoms with E-state index in [1.165, 1.54) is 66.4 Å². The number of ether oxygens (including phenoxy) is 1. The lowest BCUT2D eigenvalue weighted by Gasteiger charge is -2.40. The van der Waals surface area contributed by atoms with E-state index in [0.29, 0.717) is 0 Å². The van der Waals surface area contributed by atoms with Crippen LogP contribution in [0.4, 0.5) is 34.1 Å². The second kappa shape index (κ2) is 11.5. The second-order valence-electron chi connectivity index (χ2n) is 15.4. The lowest BCUT2D eigenvalue weighted by molar-refractivity contribution is 0.487. The summed E-state index contributed by atoms with van der Waals surface area (Å²) in [7, 11) is 0. The van der Waals surface area contributed by atoms with Crippen molar-refractivity contribution in [2.75, 3.05) is 9.80 Å². The summed E-state index contributed by atoms with van der Waals surface area (Å²) < 4.78 is 6.92. The molecule has 0 spiro atoms. The molecule has 0 unspecified atom stereocenters. The number of aryl methyl sites for hydroxylation is 1. The first-order chi connectivity index (χ1) is 26.5. The van der Waals surface area contributed by atoms with Crippen LogP contribution >= 0.6 is 0 Å². The Balaban J connectivity index is 1.06. The zero-order chi connectivity index (χ0) is 36.1. The SMILES string of the molecule is Cc1ccc(N(c2ccccc2)c2ccc3c4c(ccc3c2)-c2cc3c(cc2C4(C)C)B2c4ccccc4N(c4ccccc4)c4cccc(c42)O3)cc1. The number of hydrogen-bond acceptors (Lipinski definition) is 3. The van der Waals surface area contributed by atoms with Crippen LogP contribution in [0.1, 0.15) is 30.5 Å². The normalized spacial score (nSPS) is 14.1. The Bertz CT molecular complexity index is 2790. The summed E-state index contributed by atoms with van der Waals surface area (Å²) in [5.74, 6) is 1.88. The van der Waals surface area contributed by atoms with E-state index in [9.17, 15) is 0 Å². The van der Waals surface area contributed by atoms with Gasteiger partial charge < -0.3 is 14.5 Å². The molecule has 2 heterocycles. The Labute approximate surface area is 316 Å². The van der Waals surface area contributed by atoms with Crippen LogP contribution in [0.2, 0.25) is 0 Å². The van der Waals surface area contributed by atoms with Crippen LogP contribution in [0.3, 0.4) is 0 Å². The summed E-state index contributed by atoms with van der Waals surface area (Å²) in [5.41, 5.74) is 17.0. The molecule has 4 heteroatoms. The fourth-order valence-corrected chi connectivity index (χ4v) is 9.48. The minimum Gasteiger partial charge on any atom is -0.458 e. The van der Waals surface area contributed by atoms with E-state index >= 15 is 0 Å². The highest BCUT2D eigenvalue weighted by atomic mass is 16.5. The van der Waals surface area contributed by atoms with Crippen LogP contribution < -0.4 is 30.9 Å². The van der Waals surface area contributed by atoms with Crippen molar-refractivity contribution >= 4 is 68.0 Å². The third-order valence-electron chi connectivity index (χ3n) is 11.9. The molecule has 11 rings (SSSR count). The van der Waals surface area contributed by atoms with Crippen LogP contribution in [-0.4, -0.2) is 6.71 Å². The van der Waals surface area contributed by atoms with Gasteiger partial charge in [-0.15, -0.1) is 0 Å². The third kappa shape index (κ3) is 4.43. The van der Waals surface area contributed by atoms with Gasteiger partial charge in [0.1, 0.15) is 11.5 Å². The smallest absolute Gasteiger partial charge is 0.256 e. The lowest BCUT2D eigenvalue weighted by Crippen LogP contribution is -2.59. The van der Waals surface area contributed by atoms with Crippen molar-refractivity contribution in [3.63, 3.8) is 0 Å². The molecular formula is C50H37BN2O. The number of hydrogen-bond donors (Lipinski definition) is 0. The maximum absolute atomic E-state index is 6.92. The van der Waals surface area contributed by atoms with Gasteiger partial charge in [0, 0.05) is 39.5 Å². The Hall–Kier alpha value is -6.52. The topological polar surface area (TPSA) is 15.7 Å². The van der Waals surface area contributed by atoms with E-state index in [1.54, 1.807) is 0 Å². The minimum absolute atomic E-state index is 0.0611. The Morgan fingerprint density at radius 3 is 2.07 bits per heavy atom. The van der Waals surface area contributed by atoms with E-state index < -0.39 is 0 Å². The first-order valence-corrected chi connectivity index (χ1v) is 18.9. The van der Waals surface area contributed by atoms with Crippen molar-refractivity contribution in [1.82, 2.24) is 0 Å². The van der Waals surface area contributed by atoms with E-state index in [-0.39, 0.29) is 12.1 Å². The molecule has 3 nitrogen and oxygen atoms in total. The summed E-state index contributed by atoms with van der Waals surface area (Å²) in [6.07, 6.45) is 0. The largest absolute Gasteiger partial charge is 0.458 e. The molecule has 8 aromatic carbocycles. The summed E-state index contributed by atoms with van der Waals surface area (Å²) in [4.78, 5) is 4.74. The van der Waals surface area contributed by atoms with Crippen molar-refractivity contribution in [3.8, 4) is 22.6 Å². The number of anilines is 6. The van der Waals surface area contributed by atoms with Crippen molar-refractivity contribution in [2.24, 2.45) is 0 Å². The molecule has 0 atom stereocenters. The predicted octanol–water partition coefficient (Wildman–Crippen LogP) is 11.3. The molecule has 2 aliphatic heterocycles. The highest BCUT2D eigenvalue weighted by molar-refractivity contribution is 6.99. The van der Waals surface area contributed by atoms with Crippen LogP contribution in [0.5, 0.6) is 11.5 Å². The number of rotatable bonds is 4. The van der Waals surface area contributed by atoms with Gasteiger partial charge in [0.2, 0.25) is 0 Å². The first kappa shape index (κ1) is 31.1. The molecule has 8 aromatic rings. The molecule has 0 fully saturated rings. The Morgan fingerprint density at radius 1 is 0.556 bits per heavy atom. The minimum atomic E-state index is -0.221. The average molecular weight is 693 g/mol. The van der Waals surface area contributed by atoms with Crippen molar-refractivity contribution in [3.05, 3.63) is 187 Å². The van der Waals surface area contributed by atoms with Crippen molar-refractivity contribution in [1.29, 1.82) is 0 Å². The quantitative estimate of drug-likeness (QED) is 0.171. The van der Waals surface area contributed by atoms with Crippen LogP contribution in [-0.2, 0) is 5.41 Å². The van der Waals surface area contributed by atoms with Crippen LogP contribution in [0, 0.1) is 6.92 Å². The molecule has 0 saturated carbocycles. The zero-order valence-corrected chi connectivity index (χ0v) is 30.5. The molecule has 256 valence electrons. The van der Waals surface area contributed by atoms with Crippen molar-refractivity contribution < 1.29 is 4.74 Å². The van der Waals surface area contributed by atoms with Gasteiger partial charge >= 0.3 is 0 Å². The zero-order valence-electron chi connectivity index (χ0n) is 30.5. The molecule has 1 aliphatic carbocycles. The number of nitrogens with zero attached hydrogens (tertiary/aromatic N) is 2. The summed E-state index contributed by atoms with van der Waals surface area (Å²) >= 11 is 0. The summed E-state index contributed by atoms with van der Waals surface area (Å²) in [5, 5.41) is 2.53. The fourth-order valence-electron chi connectivity index (χ4n) is 9.48. The number of para-hydroxylation sites is 3. The first-order valence-electron chi connectivity index (χ1n) is 18.9. The van der Waals surface area contributed by atoms with Gasteiger partial charge in [-0.05, 0) is 129 Å². The molecule has 0 amide bonds. The molecular weight excluding hydrogens is 655 g/mol. The molecule has 0 aromatic heterocycles. The molecule has 3 aliphatic rings. The average Bonchev–Trinajstić information content (AvgIpc) is 3.43. The highest BCUT2D eigenvalue weighted by Crippen LogP contribution is 2.53. The monoisotopic (exact) mass is 692 g/mol. The van der Waals surface area contributed by atoms with E-state index in [0.717, 1.165) is 34.2 Å².